The first-order valence-corrected chi connectivity index (χ1v) is 10.2. The first-order valence-electron chi connectivity index (χ1n) is 9.81. The van der Waals surface area contributed by atoms with Gasteiger partial charge in [-0.2, -0.15) is 0 Å². The van der Waals surface area contributed by atoms with E-state index in [1.165, 1.54) is 0 Å². The Morgan fingerprint density at radius 2 is 2.04 bits per heavy atom. The summed E-state index contributed by atoms with van der Waals surface area (Å²) in [5.74, 6) is -0.444. The molecule has 1 saturated heterocycles. The lowest BCUT2D eigenvalue weighted by molar-refractivity contribution is -0.136. The fourth-order valence-corrected chi connectivity index (χ4v) is 4.19. The highest BCUT2D eigenvalue weighted by Crippen LogP contribution is 2.42. The Hall–Kier alpha value is -2.08. The van der Waals surface area contributed by atoms with Crippen LogP contribution in [0, 0.1) is 5.92 Å². The van der Waals surface area contributed by atoms with Crippen molar-refractivity contribution in [2.75, 3.05) is 24.5 Å². The quantitative estimate of drug-likeness (QED) is 0.837. The standard InChI is InChI=1S/C21H28ClN3O3/c1-13(2)23-19(27)14-6-5-9-24(11-14)18(26)12-25-17-8-7-15(22)10-16(17)21(3,4)20(25)28/h7-8,10,13-14H,5-6,9,11-12H2,1-4H3,(H,23,27)/t14-/m1/s1. The van der Waals surface area contributed by atoms with Crippen molar-refractivity contribution in [2.45, 2.75) is 52.0 Å². The first kappa shape index (κ1) is 20.6. The fraction of sp³-hybridized carbons (Fsp3) is 0.571. The fourth-order valence-electron chi connectivity index (χ4n) is 4.02. The van der Waals surface area contributed by atoms with Crippen molar-refractivity contribution in [2.24, 2.45) is 5.92 Å². The van der Waals surface area contributed by atoms with Crippen LogP contribution >= 0.6 is 11.6 Å². The van der Waals surface area contributed by atoms with Crippen LogP contribution in [0.2, 0.25) is 5.02 Å². The van der Waals surface area contributed by atoms with Crippen LogP contribution in [-0.4, -0.2) is 48.3 Å². The van der Waals surface area contributed by atoms with Gasteiger partial charge in [0.05, 0.1) is 11.3 Å². The van der Waals surface area contributed by atoms with Crippen LogP contribution in [0.15, 0.2) is 18.2 Å². The number of anilines is 1. The molecular formula is C21H28ClN3O3. The zero-order chi connectivity index (χ0) is 20.6. The third kappa shape index (κ3) is 3.88. The lowest BCUT2D eigenvalue weighted by Crippen LogP contribution is -2.50. The molecule has 1 aromatic carbocycles. The molecule has 7 heteroatoms. The molecule has 6 nitrogen and oxygen atoms in total. The molecule has 0 aromatic heterocycles. The number of carbonyl (C=O) groups excluding carboxylic acids is 3. The number of carbonyl (C=O) groups is 3. The maximum Gasteiger partial charge on any atom is 0.242 e. The second kappa shape index (κ2) is 7.74. The Kier molecular flexibility index (Phi) is 5.71. The largest absolute Gasteiger partial charge is 0.354 e. The topological polar surface area (TPSA) is 69.7 Å². The highest BCUT2D eigenvalue weighted by atomic mass is 35.5. The van der Waals surface area contributed by atoms with Gasteiger partial charge in [0.15, 0.2) is 0 Å². The van der Waals surface area contributed by atoms with Gasteiger partial charge in [-0.1, -0.05) is 11.6 Å². The lowest BCUT2D eigenvalue weighted by atomic mass is 9.86. The Morgan fingerprint density at radius 3 is 2.71 bits per heavy atom. The average molecular weight is 406 g/mol. The third-order valence-electron chi connectivity index (χ3n) is 5.57. The second-order valence-corrected chi connectivity index (χ2v) is 8.96. The summed E-state index contributed by atoms with van der Waals surface area (Å²) in [5.41, 5.74) is 0.853. The number of nitrogens with one attached hydrogen (secondary N) is 1. The van der Waals surface area contributed by atoms with Gasteiger partial charge >= 0.3 is 0 Å². The molecule has 2 aliphatic rings. The minimum atomic E-state index is -0.720. The summed E-state index contributed by atoms with van der Waals surface area (Å²) >= 11 is 6.11. The van der Waals surface area contributed by atoms with Gasteiger partial charge in [-0.05, 0) is 64.3 Å². The highest BCUT2D eigenvalue weighted by Gasteiger charge is 2.45. The predicted molar refractivity (Wildman–Crippen MR) is 109 cm³/mol. The zero-order valence-electron chi connectivity index (χ0n) is 16.9. The van der Waals surface area contributed by atoms with Crippen LogP contribution in [0.5, 0.6) is 0 Å². The van der Waals surface area contributed by atoms with Crippen LogP contribution in [-0.2, 0) is 19.8 Å². The number of hydrogen-bond donors (Lipinski definition) is 1. The molecule has 1 N–H and O–H groups in total. The van der Waals surface area contributed by atoms with Gasteiger partial charge in [0.1, 0.15) is 6.54 Å². The molecular weight excluding hydrogens is 378 g/mol. The van der Waals surface area contributed by atoms with E-state index in [0.29, 0.717) is 18.1 Å². The van der Waals surface area contributed by atoms with E-state index in [2.05, 4.69) is 5.32 Å². The number of benzene rings is 1. The molecule has 0 aliphatic carbocycles. The van der Waals surface area contributed by atoms with Crippen LogP contribution in [0.4, 0.5) is 5.69 Å². The van der Waals surface area contributed by atoms with E-state index in [4.69, 9.17) is 11.6 Å². The average Bonchev–Trinajstić information content (AvgIpc) is 2.82. The van der Waals surface area contributed by atoms with Crippen LogP contribution in [0.25, 0.3) is 0 Å². The molecule has 3 amide bonds. The Bertz CT molecular complexity index is 806. The van der Waals surface area contributed by atoms with Crippen LogP contribution in [0.3, 0.4) is 0 Å². The Balaban J connectivity index is 1.73. The van der Waals surface area contributed by atoms with Gasteiger partial charge in [0, 0.05) is 29.8 Å². The monoisotopic (exact) mass is 405 g/mol. The van der Waals surface area contributed by atoms with E-state index >= 15 is 0 Å². The van der Waals surface area contributed by atoms with Crippen molar-refractivity contribution in [3.8, 4) is 0 Å². The van der Waals surface area contributed by atoms with E-state index in [0.717, 1.165) is 24.1 Å². The maximum absolute atomic E-state index is 13.0. The summed E-state index contributed by atoms with van der Waals surface area (Å²) in [6.07, 6.45) is 1.56. The number of halogens is 1. The van der Waals surface area contributed by atoms with E-state index in [9.17, 15) is 14.4 Å². The summed E-state index contributed by atoms with van der Waals surface area (Å²) in [5, 5.41) is 3.50. The van der Waals surface area contributed by atoms with E-state index in [1.54, 1.807) is 28.0 Å². The molecule has 152 valence electrons. The van der Waals surface area contributed by atoms with Gasteiger partial charge in [0.25, 0.3) is 0 Å². The van der Waals surface area contributed by atoms with Crippen LogP contribution < -0.4 is 10.2 Å². The van der Waals surface area contributed by atoms with Gasteiger partial charge in [-0.3, -0.25) is 14.4 Å². The van der Waals surface area contributed by atoms with Gasteiger partial charge in [-0.25, -0.2) is 0 Å². The minimum absolute atomic E-state index is 0.00845. The molecule has 2 heterocycles. The summed E-state index contributed by atoms with van der Waals surface area (Å²) in [6.45, 7) is 8.54. The molecule has 0 radical (unpaired) electrons. The van der Waals surface area contributed by atoms with Gasteiger partial charge in [0.2, 0.25) is 17.7 Å². The van der Waals surface area contributed by atoms with Crippen molar-refractivity contribution in [1.29, 1.82) is 0 Å². The summed E-state index contributed by atoms with van der Waals surface area (Å²) < 4.78 is 0. The Morgan fingerprint density at radius 1 is 1.32 bits per heavy atom. The molecule has 28 heavy (non-hydrogen) atoms. The molecule has 2 aliphatic heterocycles. The smallest absolute Gasteiger partial charge is 0.242 e. The molecule has 0 saturated carbocycles. The van der Waals surface area contributed by atoms with E-state index in [-0.39, 0.29) is 36.2 Å². The third-order valence-corrected chi connectivity index (χ3v) is 5.81. The second-order valence-electron chi connectivity index (χ2n) is 8.52. The highest BCUT2D eigenvalue weighted by molar-refractivity contribution is 6.31. The maximum atomic E-state index is 13.0. The number of likely N-dealkylation sites (tertiary alicyclic amines) is 1. The molecule has 3 rings (SSSR count). The Labute approximate surface area is 171 Å². The summed E-state index contributed by atoms with van der Waals surface area (Å²) in [7, 11) is 0. The SMILES string of the molecule is CC(C)NC(=O)[C@@H]1CCCN(C(=O)CN2C(=O)C(C)(C)c3cc(Cl)ccc32)C1. The molecule has 0 unspecified atom stereocenters. The molecule has 0 bridgehead atoms. The zero-order valence-corrected chi connectivity index (χ0v) is 17.7. The number of amides is 3. The minimum Gasteiger partial charge on any atom is -0.354 e. The number of nitrogens with zero attached hydrogens (tertiary/aromatic N) is 2. The number of fused-ring (bicyclic) bond motifs is 1. The summed E-state index contributed by atoms with van der Waals surface area (Å²) in [6, 6.07) is 5.41. The predicted octanol–water partition coefficient (Wildman–Crippen LogP) is 2.73. The van der Waals surface area contributed by atoms with E-state index in [1.807, 2.05) is 27.7 Å². The van der Waals surface area contributed by atoms with Crippen molar-refractivity contribution in [1.82, 2.24) is 10.2 Å². The molecule has 1 fully saturated rings. The van der Waals surface area contributed by atoms with Crippen molar-refractivity contribution in [3.05, 3.63) is 28.8 Å². The van der Waals surface area contributed by atoms with Crippen molar-refractivity contribution >= 4 is 35.0 Å². The lowest BCUT2D eigenvalue weighted by Gasteiger charge is -2.33. The number of hydrogen-bond acceptors (Lipinski definition) is 3. The van der Waals surface area contributed by atoms with E-state index < -0.39 is 5.41 Å². The molecule has 0 spiro atoms. The first-order chi connectivity index (χ1) is 13.1. The van der Waals surface area contributed by atoms with Crippen molar-refractivity contribution < 1.29 is 14.4 Å². The summed E-state index contributed by atoms with van der Waals surface area (Å²) in [4.78, 5) is 41.5. The van der Waals surface area contributed by atoms with Crippen LogP contribution in [0.1, 0.15) is 46.1 Å². The normalized spacial score (nSPS) is 21.1. The van der Waals surface area contributed by atoms with Gasteiger partial charge < -0.3 is 15.1 Å². The number of rotatable bonds is 4. The molecule has 1 atom stereocenters. The van der Waals surface area contributed by atoms with Crippen molar-refractivity contribution in [3.63, 3.8) is 0 Å². The molecule has 1 aromatic rings. The van der Waals surface area contributed by atoms with Gasteiger partial charge in [-0.15, -0.1) is 0 Å². The number of piperidine rings is 1.